The van der Waals surface area contributed by atoms with Crippen LogP contribution in [0.5, 0.6) is 17.5 Å². The van der Waals surface area contributed by atoms with Crippen LogP contribution in [-0.4, -0.2) is 29.4 Å². The molecule has 0 spiro atoms. The third-order valence-corrected chi connectivity index (χ3v) is 7.00. The molecule has 6 aromatic rings. The first-order chi connectivity index (χ1) is 18.6. The molecule has 4 aromatic heterocycles. The van der Waals surface area contributed by atoms with Crippen LogP contribution in [0.25, 0.3) is 11.3 Å². The Balaban J connectivity index is 1.35. The van der Waals surface area contributed by atoms with E-state index in [-0.39, 0.29) is 12.5 Å². The van der Waals surface area contributed by atoms with E-state index in [4.69, 9.17) is 24.0 Å². The van der Waals surface area contributed by atoms with E-state index in [2.05, 4.69) is 23.1 Å². The van der Waals surface area contributed by atoms with E-state index in [1.165, 1.54) is 5.56 Å². The monoisotopic (exact) mass is 504 g/mol. The van der Waals surface area contributed by atoms with Crippen LogP contribution in [0.3, 0.4) is 0 Å². The summed E-state index contributed by atoms with van der Waals surface area (Å²) < 4.78 is 21.9. The van der Waals surface area contributed by atoms with Crippen molar-refractivity contribution in [2.75, 3.05) is 0 Å². The van der Waals surface area contributed by atoms with Gasteiger partial charge in [-0.2, -0.15) is 5.10 Å². The predicted octanol–water partition coefficient (Wildman–Crippen LogP) is 5.69. The summed E-state index contributed by atoms with van der Waals surface area (Å²) in [6, 6.07) is 19.7. The molecule has 0 N–H and O–H groups in total. The van der Waals surface area contributed by atoms with Crippen molar-refractivity contribution in [3.8, 4) is 23.2 Å². The number of benzene rings is 2. The first-order valence-electron chi connectivity index (χ1n) is 12.4. The topological polar surface area (TPSA) is 92.5 Å². The third-order valence-electron chi connectivity index (χ3n) is 7.00. The Labute approximate surface area is 218 Å². The summed E-state index contributed by atoms with van der Waals surface area (Å²) in [6.07, 6.45) is 3.28. The fourth-order valence-corrected chi connectivity index (χ4v) is 4.99. The zero-order chi connectivity index (χ0) is 25.8. The third kappa shape index (κ3) is 3.47. The zero-order valence-electron chi connectivity index (χ0n) is 21.1. The Bertz CT molecular complexity index is 1790. The summed E-state index contributed by atoms with van der Waals surface area (Å²) in [6.45, 7) is 6.31. The van der Waals surface area contributed by atoms with Crippen LogP contribution in [-0.2, 0) is 6.61 Å². The van der Waals surface area contributed by atoms with Gasteiger partial charge in [-0.05, 0) is 62.2 Å². The molecule has 0 saturated carbocycles. The molecular formula is C29H24N6O3. The van der Waals surface area contributed by atoms with E-state index in [1.807, 2.05) is 73.1 Å². The van der Waals surface area contributed by atoms with Crippen molar-refractivity contribution >= 4 is 5.65 Å². The number of rotatable bonds is 5. The summed E-state index contributed by atoms with van der Waals surface area (Å²) in [5.41, 5.74) is 6.31. The first kappa shape index (κ1) is 22.3. The van der Waals surface area contributed by atoms with E-state index in [0.29, 0.717) is 23.2 Å². The highest BCUT2D eigenvalue weighted by molar-refractivity contribution is 5.65. The van der Waals surface area contributed by atoms with E-state index < -0.39 is 0 Å². The molecule has 188 valence electrons. The summed E-state index contributed by atoms with van der Waals surface area (Å²) in [7, 11) is 0. The van der Waals surface area contributed by atoms with Crippen LogP contribution in [0, 0.1) is 20.8 Å². The fraction of sp³-hybridized carbons (Fsp3) is 0.172. The van der Waals surface area contributed by atoms with Gasteiger partial charge in [0.15, 0.2) is 11.5 Å². The molecule has 7 rings (SSSR count). The largest absolute Gasteiger partial charge is 0.485 e. The van der Waals surface area contributed by atoms with Gasteiger partial charge in [-0.3, -0.25) is 0 Å². The quantitative estimate of drug-likeness (QED) is 0.297. The molecule has 9 nitrogen and oxygen atoms in total. The smallest absolute Gasteiger partial charge is 0.230 e. The Morgan fingerprint density at radius 2 is 1.79 bits per heavy atom. The van der Waals surface area contributed by atoms with Crippen LogP contribution >= 0.6 is 0 Å². The molecular weight excluding hydrogens is 480 g/mol. The zero-order valence-corrected chi connectivity index (χ0v) is 21.1. The number of ether oxygens (including phenoxy) is 2. The lowest BCUT2D eigenvalue weighted by atomic mass is 9.88. The predicted molar refractivity (Wildman–Crippen MR) is 139 cm³/mol. The molecule has 1 aliphatic heterocycles. The van der Waals surface area contributed by atoms with Gasteiger partial charge >= 0.3 is 0 Å². The average Bonchev–Trinajstić information content (AvgIpc) is 3.68. The lowest BCUT2D eigenvalue weighted by Gasteiger charge is -2.24. The van der Waals surface area contributed by atoms with Gasteiger partial charge in [0.25, 0.3) is 0 Å². The van der Waals surface area contributed by atoms with Crippen molar-refractivity contribution in [3.63, 3.8) is 0 Å². The van der Waals surface area contributed by atoms with Crippen LogP contribution in [0.1, 0.15) is 45.5 Å². The molecule has 0 aliphatic carbocycles. The summed E-state index contributed by atoms with van der Waals surface area (Å²) in [5.74, 6) is 2.83. The molecule has 0 saturated heterocycles. The minimum Gasteiger partial charge on any atom is -0.485 e. The van der Waals surface area contributed by atoms with Gasteiger partial charge in [-0.15, -0.1) is 5.10 Å². The number of hydrogen-bond donors (Lipinski definition) is 0. The molecule has 0 radical (unpaired) electrons. The molecule has 1 atom stereocenters. The minimum absolute atomic E-state index is 0.225. The van der Waals surface area contributed by atoms with Crippen molar-refractivity contribution in [1.82, 2.24) is 29.4 Å². The van der Waals surface area contributed by atoms with Crippen LogP contribution in [0.2, 0.25) is 0 Å². The Kier molecular flexibility index (Phi) is 5.04. The number of nitrogens with zero attached hydrogens (tertiary/aromatic N) is 6. The molecule has 0 unspecified atom stereocenters. The van der Waals surface area contributed by atoms with Crippen molar-refractivity contribution in [2.24, 2.45) is 0 Å². The lowest BCUT2D eigenvalue weighted by molar-refractivity contribution is 0.294. The average molecular weight is 505 g/mol. The number of aryl methyl sites for hydroxylation is 2. The molecule has 0 amide bonds. The van der Waals surface area contributed by atoms with Crippen molar-refractivity contribution in [3.05, 3.63) is 113 Å². The van der Waals surface area contributed by atoms with Gasteiger partial charge in [-0.1, -0.05) is 30.3 Å². The van der Waals surface area contributed by atoms with Gasteiger partial charge < -0.3 is 13.9 Å². The second kappa shape index (κ2) is 8.58. The number of furan rings is 1. The van der Waals surface area contributed by atoms with E-state index in [9.17, 15) is 0 Å². The maximum absolute atomic E-state index is 6.42. The number of hydrogen-bond acceptors (Lipinski definition) is 7. The molecule has 5 heterocycles. The Hall–Kier alpha value is -4.92. The van der Waals surface area contributed by atoms with E-state index in [1.54, 1.807) is 17.1 Å². The van der Waals surface area contributed by atoms with Gasteiger partial charge in [0.2, 0.25) is 11.8 Å². The SMILES string of the molecule is Cc1cccc(OCc2nc3c4c(ncn3n2)Oc2c(c(C)nn2-c2ccccc2)[C@H]4c2ccco2)c1C. The van der Waals surface area contributed by atoms with Crippen molar-refractivity contribution < 1.29 is 13.9 Å². The highest BCUT2D eigenvalue weighted by Gasteiger charge is 2.39. The number of fused-ring (bicyclic) bond motifs is 4. The molecule has 0 fully saturated rings. The molecule has 2 aromatic carbocycles. The summed E-state index contributed by atoms with van der Waals surface area (Å²) in [4.78, 5) is 9.48. The minimum atomic E-state index is -0.325. The van der Waals surface area contributed by atoms with Gasteiger partial charge in [0.1, 0.15) is 24.4 Å². The van der Waals surface area contributed by atoms with E-state index in [0.717, 1.165) is 39.6 Å². The standard InChI is InChI=1S/C29H24N6O3/c1-17-9-7-12-21(18(17)2)37-15-23-31-27-26-25(22-13-8-14-36-22)24-19(3)32-35(20-10-5-4-6-11-20)29(24)38-28(26)30-16-34(27)33-23/h4-14,16,25H,15H2,1-3H3/t25-/m1/s1. The summed E-state index contributed by atoms with van der Waals surface area (Å²) >= 11 is 0. The highest BCUT2D eigenvalue weighted by atomic mass is 16.5. The molecule has 38 heavy (non-hydrogen) atoms. The van der Waals surface area contributed by atoms with Gasteiger partial charge in [0, 0.05) is 0 Å². The lowest BCUT2D eigenvalue weighted by Crippen LogP contribution is -2.15. The number of aromatic nitrogens is 6. The fourth-order valence-electron chi connectivity index (χ4n) is 4.99. The first-order valence-corrected chi connectivity index (χ1v) is 12.4. The second-order valence-electron chi connectivity index (χ2n) is 9.35. The summed E-state index contributed by atoms with van der Waals surface area (Å²) in [5, 5.41) is 9.47. The molecule has 9 heteroatoms. The van der Waals surface area contributed by atoms with Crippen molar-refractivity contribution in [1.29, 1.82) is 0 Å². The Morgan fingerprint density at radius 3 is 2.61 bits per heavy atom. The normalized spacial score (nSPS) is 14.2. The Morgan fingerprint density at radius 1 is 0.921 bits per heavy atom. The second-order valence-corrected chi connectivity index (χ2v) is 9.35. The van der Waals surface area contributed by atoms with Crippen molar-refractivity contribution in [2.45, 2.75) is 33.3 Å². The van der Waals surface area contributed by atoms with Crippen LogP contribution in [0.15, 0.2) is 77.7 Å². The maximum atomic E-state index is 6.42. The van der Waals surface area contributed by atoms with Crippen LogP contribution in [0.4, 0.5) is 0 Å². The van der Waals surface area contributed by atoms with Crippen LogP contribution < -0.4 is 9.47 Å². The highest BCUT2D eigenvalue weighted by Crippen LogP contribution is 2.49. The van der Waals surface area contributed by atoms with Gasteiger partial charge in [0.05, 0.1) is 34.7 Å². The van der Waals surface area contributed by atoms with Gasteiger partial charge in [-0.25, -0.2) is 19.2 Å². The molecule has 1 aliphatic rings. The maximum Gasteiger partial charge on any atom is 0.230 e. The number of para-hydroxylation sites is 1. The van der Waals surface area contributed by atoms with E-state index >= 15 is 0 Å². The molecule has 0 bridgehead atoms.